The number of aliphatic hydroxyl groups excluding tert-OH is 3. The predicted molar refractivity (Wildman–Crippen MR) is 143 cm³/mol. The van der Waals surface area contributed by atoms with Crippen molar-refractivity contribution in [3.63, 3.8) is 0 Å². The smallest absolute Gasteiger partial charge is 0.367 e. The summed E-state index contributed by atoms with van der Waals surface area (Å²) in [5.41, 5.74) is 0. The second-order valence-corrected chi connectivity index (χ2v) is 11.3. The van der Waals surface area contributed by atoms with E-state index in [4.69, 9.17) is 13.6 Å². The Balaban J connectivity index is 4.62. The lowest BCUT2D eigenvalue weighted by Crippen LogP contribution is -2.21. The number of aliphatic hydroxyl groups is 3. The first-order valence-electron chi connectivity index (χ1n) is 14.6. The zero-order valence-electron chi connectivity index (χ0n) is 23.0. The van der Waals surface area contributed by atoms with Gasteiger partial charge in [0.05, 0.1) is 0 Å². The summed E-state index contributed by atoms with van der Waals surface area (Å²) in [7, 11) is -4.34. The summed E-state index contributed by atoms with van der Waals surface area (Å²) in [6.45, 7) is 6.49. The summed E-state index contributed by atoms with van der Waals surface area (Å²) in [6, 6.07) is 0. The van der Waals surface area contributed by atoms with Crippen molar-refractivity contribution in [3.8, 4) is 0 Å². The molecule has 0 rings (SSSR count). The Morgan fingerprint density at radius 1 is 0.457 bits per heavy atom. The van der Waals surface area contributed by atoms with E-state index in [-0.39, 0.29) is 0 Å². The molecule has 35 heavy (non-hydrogen) atoms. The Morgan fingerprint density at radius 2 is 0.686 bits per heavy atom. The van der Waals surface area contributed by atoms with Crippen molar-refractivity contribution in [2.75, 3.05) is 0 Å². The molecule has 3 N–H and O–H groups in total. The van der Waals surface area contributed by atoms with Gasteiger partial charge in [0.15, 0.2) is 18.9 Å². The maximum absolute atomic E-state index is 13.2. The molecule has 0 aromatic rings. The molecule has 0 saturated heterocycles. The van der Waals surface area contributed by atoms with Crippen LogP contribution in [0.5, 0.6) is 0 Å². The first kappa shape index (κ1) is 35.0. The molecule has 0 aromatic heterocycles. The predicted octanol–water partition coefficient (Wildman–Crippen LogP) is 8.35. The van der Waals surface area contributed by atoms with Crippen LogP contribution in [0.25, 0.3) is 0 Å². The maximum atomic E-state index is 13.2. The summed E-state index contributed by atoms with van der Waals surface area (Å²) in [5, 5.41) is 30.9. The van der Waals surface area contributed by atoms with Gasteiger partial charge >= 0.3 is 7.82 Å². The van der Waals surface area contributed by atoms with Crippen molar-refractivity contribution in [1.29, 1.82) is 0 Å². The van der Waals surface area contributed by atoms with Gasteiger partial charge in [-0.15, -0.1) is 0 Å². The quantitative estimate of drug-likeness (QED) is 0.0563. The summed E-state index contributed by atoms with van der Waals surface area (Å²) < 4.78 is 29.0. The third kappa shape index (κ3) is 22.9. The first-order chi connectivity index (χ1) is 16.9. The number of hydrogen-bond acceptors (Lipinski definition) is 7. The minimum Gasteiger partial charge on any atom is -0.367 e. The van der Waals surface area contributed by atoms with Crippen LogP contribution >= 0.6 is 7.82 Å². The first-order valence-corrected chi connectivity index (χ1v) is 16.0. The monoisotopic (exact) mass is 524 g/mol. The third-order valence-corrected chi connectivity index (χ3v) is 7.67. The van der Waals surface area contributed by atoms with Crippen LogP contribution in [-0.2, 0) is 18.1 Å². The van der Waals surface area contributed by atoms with E-state index in [0.29, 0.717) is 19.3 Å². The van der Waals surface area contributed by atoms with E-state index in [0.717, 1.165) is 77.0 Å². The van der Waals surface area contributed by atoms with E-state index in [1.807, 2.05) is 0 Å². The average molecular weight is 525 g/mol. The van der Waals surface area contributed by atoms with Crippen molar-refractivity contribution in [3.05, 3.63) is 0 Å². The van der Waals surface area contributed by atoms with Crippen LogP contribution in [0.3, 0.4) is 0 Å². The zero-order chi connectivity index (χ0) is 26.2. The van der Waals surface area contributed by atoms with Gasteiger partial charge in [0, 0.05) is 0 Å². The normalized spacial score (nSPS) is 16.2. The lowest BCUT2D eigenvalue weighted by atomic mass is 10.1. The van der Waals surface area contributed by atoms with Crippen LogP contribution in [-0.4, -0.2) is 34.2 Å². The van der Waals surface area contributed by atoms with Gasteiger partial charge in [-0.25, -0.2) is 4.57 Å². The van der Waals surface area contributed by atoms with Gasteiger partial charge in [0.25, 0.3) is 0 Å². The van der Waals surface area contributed by atoms with Gasteiger partial charge in [0.2, 0.25) is 0 Å². The molecule has 0 fully saturated rings. The molecule has 7 nitrogen and oxygen atoms in total. The fourth-order valence-corrected chi connectivity index (χ4v) is 5.34. The van der Waals surface area contributed by atoms with Crippen molar-refractivity contribution < 1.29 is 33.5 Å². The van der Waals surface area contributed by atoms with Crippen molar-refractivity contribution in [1.82, 2.24) is 0 Å². The van der Waals surface area contributed by atoms with Gasteiger partial charge in [0.1, 0.15) is 0 Å². The second-order valence-electron chi connectivity index (χ2n) is 9.80. The summed E-state index contributed by atoms with van der Waals surface area (Å²) in [4.78, 5) is 0. The Hall–Kier alpha value is -0.0100. The number of rotatable bonds is 27. The Bertz CT molecular complexity index is 426. The highest BCUT2D eigenvalue weighted by atomic mass is 31.2. The number of unbranched alkanes of at least 4 members (excludes halogenated alkanes) is 15. The molecule has 0 amide bonds. The molecule has 0 heterocycles. The summed E-state index contributed by atoms with van der Waals surface area (Å²) in [6.07, 6.45) is 15.7. The number of phosphoric acid groups is 1. The molecule has 0 aliphatic carbocycles. The van der Waals surface area contributed by atoms with Gasteiger partial charge in [-0.1, -0.05) is 117 Å². The lowest BCUT2D eigenvalue weighted by Gasteiger charge is -2.25. The molecule has 3 atom stereocenters. The highest BCUT2D eigenvalue weighted by molar-refractivity contribution is 7.48. The third-order valence-electron chi connectivity index (χ3n) is 6.17. The Labute approximate surface area is 216 Å². The van der Waals surface area contributed by atoms with Crippen molar-refractivity contribution in [2.24, 2.45) is 0 Å². The molecule has 0 aliphatic rings. The molecule has 0 spiro atoms. The standard InChI is InChI=1S/C27H57O7P/c1-4-7-10-13-16-19-22-25(28)32-35(31,33-26(29)23-20-17-14-11-8-5-2)34-27(30)24-21-18-15-12-9-6-3/h25-30H,4-24H2,1-3H3. The van der Waals surface area contributed by atoms with Gasteiger partial charge < -0.3 is 15.3 Å². The van der Waals surface area contributed by atoms with Crippen LogP contribution < -0.4 is 0 Å². The maximum Gasteiger partial charge on any atom is 0.481 e. The molecule has 3 unspecified atom stereocenters. The van der Waals surface area contributed by atoms with Crippen LogP contribution in [0.4, 0.5) is 0 Å². The molecule has 0 radical (unpaired) electrons. The highest BCUT2D eigenvalue weighted by Gasteiger charge is 2.35. The van der Waals surface area contributed by atoms with E-state index in [1.165, 1.54) is 38.5 Å². The van der Waals surface area contributed by atoms with Crippen LogP contribution in [0.2, 0.25) is 0 Å². The minimum atomic E-state index is -4.34. The van der Waals surface area contributed by atoms with Crippen LogP contribution in [0, 0.1) is 0 Å². The SMILES string of the molecule is CCCCCCCCC(O)OP(=O)(OC(O)CCCCCCCC)OC(O)CCCCCCCC. The van der Waals surface area contributed by atoms with Crippen molar-refractivity contribution in [2.45, 2.75) is 174 Å². The van der Waals surface area contributed by atoms with Crippen LogP contribution in [0.15, 0.2) is 0 Å². The molecular formula is C27H57O7P. The van der Waals surface area contributed by atoms with Gasteiger partial charge in [-0.05, 0) is 38.5 Å². The summed E-state index contributed by atoms with van der Waals surface area (Å²) >= 11 is 0. The van der Waals surface area contributed by atoms with Crippen LogP contribution in [0.1, 0.15) is 156 Å². The number of phosphoric ester groups is 1. The molecule has 0 aliphatic heterocycles. The van der Waals surface area contributed by atoms with E-state index < -0.39 is 26.7 Å². The fraction of sp³-hybridized carbons (Fsp3) is 1.00. The summed E-state index contributed by atoms with van der Waals surface area (Å²) in [5.74, 6) is 0. The molecule has 212 valence electrons. The van der Waals surface area contributed by atoms with Crippen molar-refractivity contribution >= 4 is 7.82 Å². The Morgan fingerprint density at radius 3 is 0.943 bits per heavy atom. The molecule has 0 saturated carbocycles. The lowest BCUT2D eigenvalue weighted by molar-refractivity contribution is -0.123. The van der Waals surface area contributed by atoms with E-state index in [1.54, 1.807) is 0 Å². The van der Waals surface area contributed by atoms with E-state index >= 15 is 0 Å². The molecule has 0 bridgehead atoms. The topological polar surface area (TPSA) is 105 Å². The van der Waals surface area contributed by atoms with E-state index in [9.17, 15) is 19.9 Å². The fourth-order valence-electron chi connectivity index (χ4n) is 3.98. The largest absolute Gasteiger partial charge is 0.481 e. The van der Waals surface area contributed by atoms with E-state index in [2.05, 4.69) is 20.8 Å². The van der Waals surface area contributed by atoms with Gasteiger partial charge in [-0.2, -0.15) is 0 Å². The Kier molecular flexibility index (Phi) is 24.3. The average Bonchev–Trinajstić information content (AvgIpc) is 2.80. The number of hydrogen-bond donors (Lipinski definition) is 3. The molecular weight excluding hydrogens is 467 g/mol. The van der Waals surface area contributed by atoms with Gasteiger partial charge in [-0.3, -0.25) is 13.6 Å². The zero-order valence-corrected chi connectivity index (χ0v) is 23.9. The molecule has 0 aromatic carbocycles. The highest BCUT2D eigenvalue weighted by Crippen LogP contribution is 2.53. The minimum absolute atomic E-state index is 0.296. The molecule has 8 heteroatoms. The second kappa shape index (κ2) is 24.3.